The Labute approximate surface area is 123 Å². The number of ether oxygens (including phenoxy) is 2. The van der Waals surface area contributed by atoms with E-state index in [4.69, 9.17) is 9.47 Å². The molecular formula is C16H30N2O2. The molecule has 4 heteroatoms. The van der Waals surface area contributed by atoms with Crippen LogP contribution in [0.1, 0.15) is 44.9 Å². The molecule has 3 rings (SSSR count). The molecule has 3 aliphatic rings. The Morgan fingerprint density at radius 1 is 0.950 bits per heavy atom. The first kappa shape index (κ1) is 14.8. The third kappa shape index (κ3) is 3.53. The van der Waals surface area contributed by atoms with E-state index in [-0.39, 0.29) is 0 Å². The second-order valence-corrected chi connectivity index (χ2v) is 6.68. The predicted molar refractivity (Wildman–Crippen MR) is 80.1 cm³/mol. The molecule has 0 radical (unpaired) electrons. The predicted octanol–water partition coefficient (Wildman–Crippen LogP) is 1.79. The van der Waals surface area contributed by atoms with Gasteiger partial charge in [-0.1, -0.05) is 25.7 Å². The minimum Gasteiger partial charge on any atom is -0.380 e. The van der Waals surface area contributed by atoms with Crippen LogP contribution >= 0.6 is 0 Å². The van der Waals surface area contributed by atoms with Gasteiger partial charge in [0.05, 0.1) is 19.8 Å². The lowest BCUT2D eigenvalue weighted by Crippen LogP contribution is -2.59. The highest BCUT2D eigenvalue weighted by molar-refractivity contribution is 4.96. The Balaban J connectivity index is 1.64. The van der Waals surface area contributed by atoms with E-state index < -0.39 is 0 Å². The molecule has 1 aliphatic carbocycles. The highest BCUT2D eigenvalue weighted by Crippen LogP contribution is 2.33. The van der Waals surface area contributed by atoms with Gasteiger partial charge < -0.3 is 14.8 Å². The zero-order chi connectivity index (χ0) is 13.7. The molecule has 0 aromatic rings. The van der Waals surface area contributed by atoms with Crippen molar-refractivity contribution in [1.29, 1.82) is 0 Å². The first-order valence-corrected chi connectivity index (χ1v) is 8.53. The molecular weight excluding hydrogens is 252 g/mol. The Hall–Kier alpha value is -0.160. The number of hydrogen-bond donors (Lipinski definition) is 1. The minimum absolute atomic E-state index is 0.378. The number of nitrogens with zero attached hydrogens (tertiary/aromatic N) is 1. The maximum atomic E-state index is 5.56. The topological polar surface area (TPSA) is 33.7 Å². The highest BCUT2D eigenvalue weighted by Gasteiger charge is 2.38. The van der Waals surface area contributed by atoms with Crippen LogP contribution in [0.25, 0.3) is 0 Å². The number of rotatable bonds is 4. The SMILES string of the molecule is C1CCCC(CN[C@H]2CCOC2)(N2CCOCC2)CC1. The summed E-state index contributed by atoms with van der Waals surface area (Å²) >= 11 is 0. The molecule has 0 amide bonds. The molecule has 4 nitrogen and oxygen atoms in total. The fraction of sp³-hybridized carbons (Fsp3) is 1.00. The normalized spacial score (nSPS) is 32.1. The average molecular weight is 282 g/mol. The first-order valence-electron chi connectivity index (χ1n) is 8.53. The van der Waals surface area contributed by atoms with Crippen molar-refractivity contribution in [2.45, 2.75) is 56.5 Å². The van der Waals surface area contributed by atoms with E-state index in [0.717, 1.165) is 46.1 Å². The molecule has 0 unspecified atom stereocenters. The van der Waals surface area contributed by atoms with Gasteiger partial charge in [0.15, 0.2) is 0 Å². The summed E-state index contributed by atoms with van der Waals surface area (Å²) in [6, 6.07) is 0.580. The van der Waals surface area contributed by atoms with Gasteiger partial charge in [-0.25, -0.2) is 0 Å². The second kappa shape index (κ2) is 7.21. The van der Waals surface area contributed by atoms with Crippen LogP contribution in [-0.4, -0.2) is 62.5 Å². The van der Waals surface area contributed by atoms with Gasteiger partial charge in [0.2, 0.25) is 0 Å². The minimum atomic E-state index is 0.378. The van der Waals surface area contributed by atoms with Crippen molar-refractivity contribution in [3.8, 4) is 0 Å². The molecule has 0 aromatic carbocycles. The molecule has 2 aliphatic heterocycles. The smallest absolute Gasteiger partial charge is 0.0620 e. The molecule has 20 heavy (non-hydrogen) atoms. The molecule has 0 spiro atoms. The van der Waals surface area contributed by atoms with Crippen LogP contribution in [0.3, 0.4) is 0 Å². The largest absolute Gasteiger partial charge is 0.380 e. The summed E-state index contributed by atoms with van der Waals surface area (Å²) in [5, 5.41) is 3.81. The van der Waals surface area contributed by atoms with Crippen molar-refractivity contribution in [1.82, 2.24) is 10.2 Å². The molecule has 1 atom stereocenters. The lowest BCUT2D eigenvalue weighted by molar-refractivity contribution is -0.0296. The van der Waals surface area contributed by atoms with Crippen molar-refractivity contribution in [2.24, 2.45) is 0 Å². The molecule has 3 fully saturated rings. The Kier molecular flexibility index (Phi) is 5.32. The Morgan fingerprint density at radius 2 is 1.70 bits per heavy atom. The van der Waals surface area contributed by atoms with Crippen LogP contribution in [0.15, 0.2) is 0 Å². The summed E-state index contributed by atoms with van der Waals surface area (Å²) in [6.07, 6.45) is 9.50. The summed E-state index contributed by atoms with van der Waals surface area (Å²) in [4.78, 5) is 2.73. The lowest BCUT2D eigenvalue weighted by atomic mass is 9.87. The van der Waals surface area contributed by atoms with Crippen LogP contribution in [0.4, 0.5) is 0 Å². The van der Waals surface area contributed by atoms with Gasteiger partial charge in [0, 0.05) is 37.8 Å². The number of morpholine rings is 1. The molecule has 0 aromatic heterocycles. The monoisotopic (exact) mass is 282 g/mol. The Bertz CT molecular complexity index is 278. The molecule has 1 saturated carbocycles. The van der Waals surface area contributed by atoms with E-state index in [9.17, 15) is 0 Å². The third-order valence-corrected chi connectivity index (χ3v) is 5.37. The van der Waals surface area contributed by atoms with E-state index in [1.165, 1.54) is 44.9 Å². The van der Waals surface area contributed by atoms with Gasteiger partial charge in [0.25, 0.3) is 0 Å². The van der Waals surface area contributed by atoms with Crippen LogP contribution in [0, 0.1) is 0 Å². The average Bonchev–Trinajstić information content (AvgIpc) is 2.91. The zero-order valence-corrected chi connectivity index (χ0v) is 12.7. The molecule has 2 heterocycles. The zero-order valence-electron chi connectivity index (χ0n) is 12.7. The third-order valence-electron chi connectivity index (χ3n) is 5.37. The fourth-order valence-electron chi connectivity index (χ4n) is 4.06. The van der Waals surface area contributed by atoms with Gasteiger partial charge in [-0.2, -0.15) is 0 Å². The van der Waals surface area contributed by atoms with E-state index in [0.29, 0.717) is 11.6 Å². The van der Waals surface area contributed by atoms with Gasteiger partial charge in [-0.3, -0.25) is 4.90 Å². The highest BCUT2D eigenvalue weighted by atomic mass is 16.5. The summed E-state index contributed by atoms with van der Waals surface area (Å²) in [7, 11) is 0. The first-order chi connectivity index (χ1) is 9.89. The van der Waals surface area contributed by atoms with E-state index in [1.54, 1.807) is 0 Å². The summed E-state index contributed by atoms with van der Waals surface area (Å²) in [5.41, 5.74) is 0.378. The number of hydrogen-bond acceptors (Lipinski definition) is 4. The van der Waals surface area contributed by atoms with E-state index in [1.807, 2.05) is 0 Å². The van der Waals surface area contributed by atoms with Crippen molar-refractivity contribution in [2.75, 3.05) is 46.1 Å². The van der Waals surface area contributed by atoms with Crippen LogP contribution in [-0.2, 0) is 9.47 Å². The van der Waals surface area contributed by atoms with Gasteiger partial charge >= 0.3 is 0 Å². The van der Waals surface area contributed by atoms with Crippen molar-refractivity contribution < 1.29 is 9.47 Å². The molecule has 2 saturated heterocycles. The molecule has 1 N–H and O–H groups in total. The summed E-state index contributed by atoms with van der Waals surface area (Å²) < 4.78 is 11.1. The van der Waals surface area contributed by atoms with Crippen molar-refractivity contribution >= 4 is 0 Å². The fourth-order valence-corrected chi connectivity index (χ4v) is 4.06. The molecule has 0 bridgehead atoms. The van der Waals surface area contributed by atoms with Crippen LogP contribution in [0.2, 0.25) is 0 Å². The quantitative estimate of drug-likeness (QED) is 0.797. The maximum Gasteiger partial charge on any atom is 0.0620 e. The molecule has 116 valence electrons. The van der Waals surface area contributed by atoms with Crippen molar-refractivity contribution in [3.05, 3.63) is 0 Å². The van der Waals surface area contributed by atoms with Gasteiger partial charge in [-0.05, 0) is 19.3 Å². The maximum absolute atomic E-state index is 5.56. The van der Waals surface area contributed by atoms with Crippen molar-refractivity contribution in [3.63, 3.8) is 0 Å². The second-order valence-electron chi connectivity index (χ2n) is 6.68. The van der Waals surface area contributed by atoms with Crippen LogP contribution < -0.4 is 5.32 Å². The Morgan fingerprint density at radius 3 is 2.35 bits per heavy atom. The lowest BCUT2D eigenvalue weighted by Gasteiger charge is -2.46. The van der Waals surface area contributed by atoms with E-state index in [2.05, 4.69) is 10.2 Å². The van der Waals surface area contributed by atoms with Crippen LogP contribution in [0.5, 0.6) is 0 Å². The van der Waals surface area contributed by atoms with Gasteiger partial charge in [-0.15, -0.1) is 0 Å². The number of nitrogens with one attached hydrogen (secondary N) is 1. The van der Waals surface area contributed by atoms with Gasteiger partial charge in [0.1, 0.15) is 0 Å². The summed E-state index contributed by atoms with van der Waals surface area (Å²) in [5.74, 6) is 0. The van der Waals surface area contributed by atoms with E-state index >= 15 is 0 Å². The standard InChI is InChI=1S/C16H30N2O2/c1-2-4-7-16(6-3-1,18-8-11-19-12-9-18)14-17-15-5-10-20-13-15/h15,17H,1-14H2/t15-/m0/s1. The summed E-state index contributed by atoms with van der Waals surface area (Å²) in [6.45, 7) is 7.02.